The third-order valence-electron chi connectivity index (χ3n) is 3.83. The Labute approximate surface area is 135 Å². The smallest absolute Gasteiger partial charge is 0.217 e. The predicted molar refractivity (Wildman–Crippen MR) is 91.8 cm³/mol. The monoisotopic (exact) mass is 303 g/mol. The molecule has 0 aliphatic heterocycles. The van der Waals surface area contributed by atoms with Gasteiger partial charge in [0.25, 0.3) is 0 Å². The Morgan fingerprint density at radius 1 is 1.17 bits per heavy atom. The third kappa shape index (κ3) is 2.95. The summed E-state index contributed by atoms with van der Waals surface area (Å²) in [7, 11) is 0. The topological polar surface area (TPSA) is 38.4 Å². The largest absolute Gasteiger partial charge is 0.352 e. The molecule has 0 unspecified atom stereocenters. The lowest BCUT2D eigenvalue weighted by Crippen LogP contribution is -2.18. The summed E-state index contributed by atoms with van der Waals surface area (Å²) in [5.41, 5.74) is 5.00. The average molecular weight is 303 g/mol. The molecule has 3 aromatic rings. The molecule has 0 aliphatic rings. The number of nitrogens with one attached hydrogen (secondary N) is 1. The first-order valence-corrected chi connectivity index (χ1v) is 7.42. The number of aromatic nitrogens is 1. The van der Waals surface area contributed by atoms with Gasteiger partial charge in [-0.1, -0.05) is 18.2 Å². The summed E-state index contributed by atoms with van der Waals surface area (Å²) in [5.74, 6) is -0.0289. The molecule has 1 amide bonds. The highest BCUT2D eigenvalue weighted by Crippen LogP contribution is 2.26. The molecule has 23 heavy (non-hydrogen) atoms. The van der Waals surface area contributed by atoms with Crippen LogP contribution in [-0.4, -0.2) is 10.5 Å². The zero-order chi connectivity index (χ0) is 16.4. The number of amides is 1. The van der Waals surface area contributed by atoms with Gasteiger partial charge in [0.05, 0.1) is 12.1 Å². The van der Waals surface area contributed by atoms with E-state index in [1.807, 2.05) is 30.3 Å². The fourth-order valence-electron chi connectivity index (χ4n) is 2.76. The molecular weight excluding hydrogens is 286 g/mol. The van der Waals surface area contributed by atoms with E-state index in [0.717, 1.165) is 27.8 Å². The molecule has 0 fully saturated rings. The Hall–Kier alpha value is -3.06. The van der Waals surface area contributed by atoms with E-state index < -0.39 is 0 Å². The van der Waals surface area contributed by atoms with Crippen LogP contribution in [0, 0.1) is 13.5 Å². The SMILES string of the molecule is [C-]#[N+]c1ccc(-n2c(C)cc3cc(CNC(C)=O)ccc32)cc1. The van der Waals surface area contributed by atoms with Crippen molar-refractivity contribution in [1.29, 1.82) is 0 Å². The highest BCUT2D eigenvalue weighted by Gasteiger charge is 2.08. The Balaban J connectivity index is 2.02. The number of carbonyl (C=O) groups excluding carboxylic acids is 1. The molecule has 0 saturated carbocycles. The molecular formula is C19H17N3O. The lowest BCUT2D eigenvalue weighted by atomic mass is 10.1. The van der Waals surface area contributed by atoms with E-state index in [2.05, 4.69) is 39.9 Å². The van der Waals surface area contributed by atoms with E-state index in [1.165, 1.54) is 6.92 Å². The number of hydrogen-bond donors (Lipinski definition) is 1. The highest BCUT2D eigenvalue weighted by atomic mass is 16.1. The van der Waals surface area contributed by atoms with Gasteiger partial charge in [-0.25, -0.2) is 4.85 Å². The fraction of sp³-hybridized carbons (Fsp3) is 0.158. The molecule has 4 nitrogen and oxygen atoms in total. The van der Waals surface area contributed by atoms with Crippen molar-refractivity contribution >= 4 is 22.5 Å². The van der Waals surface area contributed by atoms with Crippen molar-refractivity contribution in [1.82, 2.24) is 9.88 Å². The van der Waals surface area contributed by atoms with E-state index in [-0.39, 0.29) is 5.91 Å². The van der Waals surface area contributed by atoms with E-state index >= 15 is 0 Å². The number of rotatable bonds is 3. The second-order valence-corrected chi connectivity index (χ2v) is 5.55. The summed E-state index contributed by atoms with van der Waals surface area (Å²) in [6.45, 7) is 11.2. The van der Waals surface area contributed by atoms with Gasteiger partial charge in [-0.3, -0.25) is 4.79 Å². The number of carbonyl (C=O) groups is 1. The van der Waals surface area contributed by atoms with Gasteiger partial charge in [-0.15, -0.1) is 0 Å². The van der Waals surface area contributed by atoms with Gasteiger partial charge in [-0.2, -0.15) is 0 Å². The maximum Gasteiger partial charge on any atom is 0.217 e. The minimum Gasteiger partial charge on any atom is -0.352 e. The van der Waals surface area contributed by atoms with Crippen LogP contribution in [0.25, 0.3) is 21.4 Å². The van der Waals surface area contributed by atoms with Crippen molar-refractivity contribution in [3.8, 4) is 5.69 Å². The molecule has 1 N–H and O–H groups in total. The van der Waals surface area contributed by atoms with Crippen LogP contribution in [0.2, 0.25) is 0 Å². The Bertz CT molecular complexity index is 914. The highest BCUT2D eigenvalue weighted by molar-refractivity contribution is 5.84. The molecule has 0 aliphatic carbocycles. The molecule has 1 heterocycles. The molecule has 0 spiro atoms. The third-order valence-corrected chi connectivity index (χ3v) is 3.83. The van der Waals surface area contributed by atoms with Gasteiger partial charge < -0.3 is 9.88 Å². The number of nitrogens with zero attached hydrogens (tertiary/aromatic N) is 2. The Kier molecular flexibility index (Phi) is 3.86. The number of fused-ring (bicyclic) bond motifs is 1. The van der Waals surface area contributed by atoms with Crippen LogP contribution in [-0.2, 0) is 11.3 Å². The summed E-state index contributed by atoms with van der Waals surface area (Å²) in [5, 5.41) is 3.96. The van der Waals surface area contributed by atoms with Crippen molar-refractivity contribution in [3.05, 3.63) is 71.2 Å². The van der Waals surface area contributed by atoms with Gasteiger partial charge in [0, 0.05) is 30.2 Å². The molecule has 1 aromatic heterocycles. The van der Waals surface area contributed by atoms with Crippen LogP contribution in [0.4, 0.5) is 5.69 Å². The van der Waals surface area contributed by atoms with Crippen LogP contribution >= 0.6 is 0 Å². The van der Waals surface area contributed by atoms with Crippen LogP contribution in [0.15, 0.2) is 48.5 Å². The minimum atomic E-state index is -0.0289. The first-order chi connectivity index (χ1) is 11.1. The zero-order valence-electron chi connectivity index (χ0n) is 13.1. The molecule has 2 aromatic carbocycles. The summed E-state index contributed by atoms with van der Waals surface area (Å²) in [4.78, 5) is 14.5. The molecule has 0 saturated heterocycles. The van der Waals surface area contributed by atoms with Crippen LogP contribution in [0.3, 0.4) is 0 Å². The normalized spacial score (nSPS) is 10.5. The number of benzene rings is 2. The second-order valence-electron chi connectivity index (χ2n) is 5.55. The standard InChI is InChI=1S/C19H17N3O/c1-13-10-16-11-15(12-21-14(2)23)4-9-19(16)22(13)18-7-5-17(20-3)6-8-18/h4-11H,12H2,1-2H3,(H,21,23). The van der Waals surface area contributed by atoms with Crippen molar-refractivity contribution < 1.29 is 4.79 Å². The minimum absolute atomic E-state index is 0.0289. The molecule has 0 bridgehead atoms. The molecule has 0 atom stereocenters. The van der Waals surface area contributed by atoms with Crippen molar-refractivity contribution in [2.75, 3.05) is 0 Å². The molecule has 114 valence electrons. The van der Waals surface area contributed by atoms with Crippen LogP contribution in [0.1, 0.15) is 18.2 Å². The summed E-state index contributed by atoms with van der Waals surface area (Å²) in [6, 6.07) is 15.9. The van der Waals surface area contributed by atoms with Crippen LogP contribution in [0.5, 0.6) is 0 Å². The van der Waals surface area contributed by atoms with Crippen LogP contribution < -0.4 is 5.32 Å². The van der Waals surface area contributed by atoms with Gasteiger partial charge in [0.1, 0.15) is 0 Å². The second kappa shape index (κ2) is 5.98. The first kappa shape index (κ1) is 14.9. The maximum absolute atomic E-state index is 11.0. The lowest BCUT2D eigenvalue weighted by Gasteiger charge is -2.09. The number of aryl methyl sites for hydroxylation is 1. The Morgan fingerprint density at radius 3 is 2.57 bits per heavy atom. The number of hydrogen-bond acceptors (Lipinski definition) is 1. The summed E-state index contributed by atoms with van der Waals surface area (Å²) in [6.07, 6.45) is 0. The van der Waals surface area contributed by atoms with Crippen molar-refractivity contribution in [2.24, 2.45) is 0 Å². The molecule has 4 heteroatoms. The van der Waals surface area contributed by atoms with E-state index in [1.54, 1.807) is 0 Å². The van der Waals surface area contributed by atoms with E-state index in [0.29, 0.717) is 12.2 Å². The predicted octanol–water partition coefficient (Wildman–Crippen LogP) is 4.13. The molecule has 3 rings (SSSR count). The van der Waals surface area contributed by atoms with Gasteiger partial charge in [-0.05, 0) is 42.8 Å². The Morgan fingerprint density at radius 2 is 1.91 bits per heavy atom. The first-order valence-electron chi connectivity index (χ1n) is 7.42. The van der Waals surface area contributed by atoms with Gasteiger partial charge >= 0.3 is 0 Å². The van der Waals surface area contributed by atoms with Crippen molar-refractivity contribution in [2.45, 2.75) is 20.4 Å². The summed E-state index contributed by atoms with van der Waals surface area (Å²) < 4.78 is 2.17. The average Bonchev–Trinajstić information content (AvgIpc) is 2.88. The summed E-state index contributed by atoms with van der Waals surface area (Å²) >= 11 is 0. The molecule has 0 radical (unpaired) electrons. The maximum atomic E-state index is 11.0. The van der Waals surface area contributed by atoms with E-state index in [4.69, 9.17) is 6.57 Å². The quantitative estimate of drug-likeness (QED) is 0.726. The van der Waals surface area contributed by atoms with E-state index in [9.17, 15) is 4.79 Å². The lowest BCUT2D eigenvalue weighted by molar-refractivity contribution is -0.119. The van der Waals surface area contributed by atoms with Gasteiger partial charge in [0.15, 0.2) is 5.69 Å². The van der Waals surface area contributed by atoms with Gasteiger partial charge in [0.2, 0.25) is 5.91 Å². The van der Waals surface area contributed by atoms with Crippen molar-refractivity contribution in [3.63, 3.8) is 0 Å². The fourth-order valence-corrected chi connectivity index (χ4v) is 2.76. The zero-order valence-corrected chi connectivity index (χ0v) is 13.1.